The molecule has 1 rings (SSSR count). The highest BCUT2D eigenvalue weighted by atomic mass is 16.6. The van der Waals surface area contributed by atoms with Crippen molar-refractivity contribution in [1.29, 1.82) is 0 Å². The first-order valence-electron chi connectivity index (χ1n) is 4.60. The molecule has 0 radical (unpaired) electrons. The predicted molar refractivity (Wildman–Crippen MR) is 62.0 cm³/mol. The van der Waals surface area contributed by atoms with Crippen molar-refractivity contribution in [2.45, 2.75) is 0 Å². The van der Waals surface area contributed by atoms with Crippen molar-refractivity contribution in [1.82, 2.24) is 0 Å². The molecule has 0 heterocycles. The fraction of sp³-hybridized carbons (Fsp3) is 0.182. The molecule has 0 unspecified atom stereocenters. The first-order valence-corrected chi connectivity index (χ1v) is 4.60. The van der Waals surface area contributed by atoms with Gasteiger partial charge in [0.2, 0.25) is 0 Å². The van der Waals surface area contributed by atoms with E-state index in [0.29, 0.717) is 5.69 Å². The fourth-order valence-electron chi connectivity index (χ4n) is 1.39. The Morgan fingerprint density at radius 3 is 2.56 bits per heavy atom. The van der Waals surface area contributed by atoms with Gasteiger partial charge < -0.3 is 4.90 Å². The second kappa shape index (κ2) is 4.57. The Bertz CT molecular complexity index is 453. The lowest BCUT2D eigenvalue weighted by atomic mass is 10.1. The summed E-state index contributed by atoms with van der Waals surface area (Å²) >= 11 is 0. The summed E-state index contributed by atoms with van der Waals surface area (Å²) in [4.78, 5) is 23.5. The third kappa shape index (κ3) is 2.08. The molecule has 0 saturated carbocycles. The number of allylic oxidation sites excluding steroid dienone is 1. The topological polar surface area (TPSA) is 63.5 Å². The van der Waals surface area contributed by atoms with Crippen molar-refractivity contribution in [3.63, 3.8) is 0 Å². The van der Waals surface area contributed by atoms with Gasteiger partial charge in [0.05, 0.1) is 4.92 Å². The lowest BCUT2D eigenvalue weighted by Crippen LogP contribution is -2.13. The molecule has 0 bridgehead atoms. The summed E-state index contributed by atoms with van der Waals surface area (Å²) in [5.74, 6) is -0.449. The average molecular weight is 220 g/mol. The second-order valence-corrected chi connectivity index (χ2v) is 3.39. The Kier molecular flexibility index (Phi) is 3.40. The van der Waals surface area contributed by atoms with E-state index < -0.39 is 10.7 Å². The molecule has 0 amide bonds. The van der Waals surface area contributed by atoms with Crippen LogP contribution in [0.5, 0.6) is 0 Å². The molecular formula is C11H12N2O3. The van der Waals surface area contributed by atoms with Crippen LogP contribution in [0.1, 0.15) is 10.4 Å². The number of nitro benzene ring substituents is 1. The van der Waals surface area contributed by atoms with E-state index >= 15 is 0 Å². The summed E-state index contributed by atoms with van der Waals surface area (Å²) in [5, 5.41) is 11.0. The molecule has 0 saturated heterocycles. The summed E-state index contributed by atoms with van der Waals surface area (Å²) in [6, 6.07) is 4.63. The molecule has 0 aromatic heterocycles. The minimum atomic E-state index is -0.550. The zero-order chi connectivity index (χ0) is 12.3. The van der Waals surface area contributed by atoms with Crippen molar-refractivity contribution in [3.05, 3.63) is 46.5 Å². The van der Waals surface area contributed by atoms with Crippen LogP contribution in [0.15, 0.2) is 30.9 Å². The Hall–Kier alpha value is -2.17. The van der Waals surface area contributed by atoms with Gasteiger partial charge in [-0.15, -0.1) is 0 Å². The maximum Gasteiger partial charge on any atom is 0.303 e. The third-order valence-electron chi connectivity index (χ3n) is 2.13. The summed E-state index contributed by atoms with van der Waals surface area (Å²) in [6.45, 7) is 3.33. The molecule has 16 heavy (non-hydrogen) atoms. The normalized spacial score (nSPS) is 9.62. The van der Waals surface area contributed by atoms with E-state index in [2.05, 4.69) is 6.58 Å². The van der Waals surface area contributed by atoms with Crippen molar-refractivity contribution in [2.24, 2.45) is 0 Å². The van der Waals surface area contributed by atoms with E-state index in [4.69, 9.17) is 0 Å². The minimum Gasteiger partial charge on any atom is -0.372 e. The van der Waals surface area contributed by atoms with Crippen LogP contribution in [0.4, 0.5) is 11.4 Å². The number of carbonyl (C=O) groups is 1. The number of benzene rings is 1. The molecule has 0 aliphatic heterocycles. The van der Waals surface area contributed by atoms with Gasteiger partial charge in [0.15, 0.2) is 5.78 Å². The lowest BCUT2D eigenvalue weighted by molar-refractivity contribution is -0.384. The molecule has 84 valence electrons. The van der Waals surface area contributed by atoms with Gasteiger partial charge in [0.1, 0.15) is 11.3 Å². The molecule has 0 aliphatic carbocycles. The van der Waals surface area contributed by atoms with Gasteiger partial charge in [-0.05, 0) is 18.2 Å². The second-order valence-electron chi connectivity index (χ2n) is 3.39. The Morgan fingerprint density at radius 1 is 1.50 bits per heavy atom. The number of ketones is 1. The highest BCUT2D eigenvalue weighted by Gasteiger charge is 2.23. The lowest BCUT2D eigenvalue weighted by Gasteiger charge is -2.13. The zero-order valence-corrected chi connectivity index (χ0v) is 9.14. The number of rotatable bonds is 4. The molecule has 0 atom stereocenters. The monoisotopic (exact) mass is 220 g/mol. The van der Waals surface area contributed by atoms with Crippen LogP contribution in [0.25, 0.3) is 0 Å². The van der Waals surface area contributed by atoms with Crippen molar-refractivity contribution in [2.75, 3.05) is 19.0 Å². The average Bonchev–Trinajstić information content (AvgIpc) is 2.26. The van der Waals surface area contributed by atoms with Crippen LogP contribution in [0.2, 0.25) is 0 Å². The Morgan fingerprint density at radius 2 is 2.12 bits per heavy atom. The highest BCUT2D eigenvalue weighted by Crippen LogP contribution is 2.30. The first kappa shape index (κ1) is 11.9. The van der Waals surface area contributed by atoms with Crippen molar-refractivity contribution < 1.29 is 9.72 Å². The standard InChI is InChI=1S/C11H12N2O3/c1-4-10(14)8-6-5-7-9(12(2)3)11(8)13(15)16/h4-7H,1H2,2-3H3. The predicted octanol–water partition coefficient (Wildman–Crippen LogP) is 2.03. The maximum atomic E-state index is 11.5. The van der Waals surface area contributed by atoms with E-state index in [1.165, 1.54) is 6.07 Å². The molecule has 0 spiro atoms. The zero-order valence-electron chi connectivity index (χ0n) is 9.14. The van der Waals surface area contributed by atoms with Gasteiger partial charge in [-0.2, -0.15) is 0 Å². The van der Waals surface area contributed by atoms with Gasteiger partial charge in [-0.3, -0.25) is 14.9 Å². The van der Waals surface area contributed by atoms with E-state index in [1.54, 1.807) is 31.1 Å². The first-order chi connectivity index (χ1) is 7.49. The van der Waals surface area contributed by atoms with Crippen molar-refractivity contribution in [3.8, 4) is 0 Å². The van der Waals surface area contributed by atoms with Crippen LogP contribution < -0.4 is 4.90 Å². The molecule has 1 aromatic rings. The smallest absolute Gasteiger partial charge is 0.303 e. The number of hydrogen-bond acceptors (Lipinski definition) is 4. The van der Waals surface area contributed by atoms with Crippen LogP contribution in [-0.2, 0) is 0 Å². The summed E-state index contributed by atoms with van der Waals surface area (Å²) in [6.07, 6.45) is 1.07. The van der Waals surface area contributed by atoms with E-state index in [0.717, 1.165) is 6.08 Å². The van der Waals surface area contributed by atoms with Gasteiger partial charge in [-0.1, -0.05) is 12.6 Å². The largest absolute Gasteiger partial charge is 0.372 e. The molecule has 1 aromatic carbocycles. The summed E-state index contributed by atoms with van der Waals surface area (Å²) < 4.78 is 0. The third-order valence-corrected chi connectivity index (χ3v) is 2.13. The van der Waals surface area contributed by atoms with Crippen LogP contribution >= 0.6 is 0 Å². The number of nitrogens with zero attached hydrogens (tertiary/aromatic N) is 2. The summed E-state index contributed by atoms with van der Waals surface area (Å²) in [7, 11) is 3.37. The summed E-state index contributed by atoms with van der Waals surface area (Å²) in [5.41, 5.74) is 0.279. The molecule has 0 N–H and O–H groups in total. The molecule has 0 aliphatic rings. The fourth-order valence-corrected chi connectivity index (χ4v) is 1.39. The molecular weight excluding hydrogens is 208 g/mol. The van der Waals surface area contributed by atoms with Gasteiger partial charge in [-0.25, -0.2) is 0 Å². The van der Waals surface area contributed by atoms with Crippen LogP contribution in [0.3, 0.4) is 0 Å². The van der Waals surface area contributed by atoms with Gasteiger partial charge >= 0.3 is 5.69 Å². The SMILES string of the molecule is C=CC(=O)c1cccc(N(C)C)c1[N+](=O)[O-]. The number of hydrogen-bond donors (Lipinski definition) is 0. The maximum absolute atomic E-state index is 11.5. The number of anilines is 1. The Labute approximate surface area is 93.1 Å². The number of nitro groups is 1. The van der Waals surface area contributed by atoms with Gasteiger partial charge in [0.25, 0.3) is 0 Å². The quantitative estimate of drug-likeness (QED) is 0.337. The number of carbonyl (C=O) groups excluding carboxylic acids is 1. The van der Waals surface area contributed by atoms with Crippen LogP contribution in [0, 0.1) is 10.1 Å². The van der Waals surface area contributed by atoms with E-state index in [1.807, 2.05) is 0 Å². The highest BCUT2D eigenvalue weighted by molar-refractivity contribution is 6.08. The number of para-hydroxylation sites is 1. The Balaban J connectivity index is 3.50. The molecule has 0 fully saturated rings. The van der Waals surface area contributed by atoms with E-state index in [9.17, 15) is 14.9 Å². The van der Waals surface area contributed by atoms with E-state index in [-0.39, 0.29) is 11.3 Å². The molecule has 5 heteroatoms. The van der Waals surface area contributed by atoms with Crippen molar-refractivity contribution >= 4 is 17.2 Å². The van der Waals surface area contributed by atoms with Crippen LogP contribution in [-0.4, -0.2) is 24.8 Å². The molecule has 5 nitrogen and oxygen atoms in total. The van der Waals surface area contributed by atoms with Gasteiger partial charge in [0, 0.05) is 14.1 Å². The minimum absolute atomic E-state index is 0.0613.